The highest BCUT2D eigenvalue weighted by Gasteiger charge is 2.18. The highest BCUT2D eigenvalue weighted by molar-refractivity contribution is 7.92. The fourth-order valence-electron chi connectivity index (χ4n) is 1.70. The topological polar surface area (TPSA) is 81.4 Å². The normalized spacial score (nSPS) is 11.2. The number of benzene rings is 2. The molecule has 112 valence electrons. The Labute approximate surface area is 120 Å². The summed E-state index contributed by atoms with van der Waals surface area (Å²) in [6, 6.07) is 6.48. The second-order valence-electron chi connectivity index (χ2n) is 4.14. The van der Waals surface area contributed by atoms with E-state index < -0.39 is 21.7 Å². The molecule has 0 amide bonds. The molecule has 8 heteroatoms. The third-order valence-electron chi connectivity index (χ3n) is 2.67. The molecule has 0 aliphatic heterocycles. The largest absolute Gasteiger partial charge is 0.494 e. The Kier molecular flexibility index (Phi) is 3.99. The lowest BCUT2D eigenvalue weighted by atomic mass is 10.3. The number of nitrogen functional groups attached to an aromatic ring is 1. The highest BCUT2D eigenvalue weighted by atomic mass is 32.2. The molecule has 2 aromatic carbocycles. The van der Waals surface area contributed by atoms with E-state index >= 15 is 0 Å². The summed E-state index contributed by atoms with van der Waals surface area (Å²) < 4.78 is 57.6. The van der Waals surface area contributed by atoms with E-state index in [1.807, 2.05) is 0 Å². The number of halogens is 2. The molecule has 0 unspecified atom stereocenters. The van der Waals surface area contributed by atoms with Crippen LogP contribution >= 0.6 is 0 Å². The van der Waals surface area contributed by atoms with Gasteiger partial charge >= 0.3 is 0 Å². The zero-order valence-electron chi connectivity index (χ0n) is 10.9. The van der Waals surface area contributed by atoms with Crippen LogP contribution < -0.4 is 15.2 Å². The van der Waals surface area contributed by atoms with E-state index in [1.54, 1.807) is 0 Å². The van der Waals surface area contributed by atoms with Gasteiger partial charge in [-0.3, -0.25) is 4.72 Å². The van der Waals surface area contributed by atoms with Gasteiger partial charge in [-0.2, -0.15) is 0 Å². The fraction of sp³-hybridized carbons (Fsp3) is 0.0769. The molecule has 0 saturated heterocycles. The van der Waals surface area contributed by atoms with Crippen LogP contribution in [0.3, 0.4) is 0 Å². The third-order valence-corrected chi connectivity index (χ3v) is 4.12. The Bertz CT molecular complexity index is 779. The van der Waals surface area contributed by atoms with Gasteiger partial charge in [0, 0.05) is 6.07 Å². The average Bonchev–Trinajstić information content (AvgIpc) is 2.37. The average molecular weight is 314 g/mol. The van der Waals surface area contributed by atoms with Crippen LogP contribution in [0.25, 0.3) is 0 Å². The first-order valence-electron chi connectivity index (χ1n) is 5.75. The molecule has 0 heterocycles. The molecule has 0 fully saturated rings. The van der Waals surface area contributed by atoms with Gasteiger partial charge in [-0.25, -0.2) is 17.2 Å². The minimum absolute atomic E-state index is 0.00275. The van der Waals surface area contributed by atoms with Crippen molar-refractivity contribution in [3.63, 3.8) is 0 Å². The molecular weight excluding hydrogens is 302 g/mol. The smallest absolute Gasteiger partial charge is 0.263 e. The Morgan fingerprint density at radius 3 is 2.43 bits per heavy atom. The van der Waals surface area contributed by atoms with E-state index in [0.717, 1.165) is 24.3 Å². The van der Waals surface area contributed by atoms with Crippen LogP contribution in [0.5, 0.6) is 5.75 Å². The fourth-order valence-corrected chi connectivity index (χ4v) is 2.87. The predicted octanol–water partition coefficient (Wildman–Crippen LogP) is 2.36. The molecule has 0 spiro atoms. The van der Waals surface area contributed by atoms with Crippen LogP contribution in [-0.4, -0.2) is 15.5 Å². The van der Waals surface area contributed by atoms with E-state index in [4.69, 9.17) is 10.5 Å². The van der Waals surface area contributed by atoms with Gasteiger partial charge in [0.05, 0.1) is 18.5 Å². The number of rotatable bonds is 4. The molecule has 0 atom stereocenters. The summed E-state index contributed by atoms with van der Waals surface area (Å²) in [5.74, 6) is -1.38. The van der Waals surface area contributed by atoms with Crippen molar-refractivity contribution in [3.8, 4) is 5.75 Å². The molecule has 2 aromatic rings. The molecule has 0 radical (unpaired) electrons. The summed E-state index contributed by atoms with van der Waals surface area (Å²) in [4.78, 5) is -0.292. The molecule has 0 aliphatic carbocycles. The van der Waals surface area contributed by atoms with Gasteiger partial charge in [-0.05, 0) is 30.3 Å². The Morgan fingerprint density at radius 2 is 1.86 bits per heavy atom. The molecular formula is C13H12F2N2O3S. The van der Waals surface area contributed by atoms with E-state index in [9.17, 15) is 17.2 Å². The van der Waals surface area contributed by atoms with Crippen LogP contribution in [0, 0.1) is 11.6 Å². The maximum atomic E-state index is 13.5. The van der Waals surface area contributed by atoms with Crippen LogP contribution in [0.4, 0.5) is 20.2 Å². The van der Waals surface area contributed by atoms with E-state index in [1.165, 1.54) is 19.2 Å². The third kappa shape index (κ3) is 3.22. The van der Waals surface area contributed by atoms with Crippen molar-refractivity contribution >= 4 is 21.4 Å². The first-order valence-corrected chi connectivity index (χ1v) is 7.23. The number of nitrogens with one attached hydrogen (secondary N) is 1. The zero-order valence-corrected chi connectivity index (χ0v) is 11.7. The van der Waals surface area contributed by atoms with E-state index in [0.29, 0.717) is 0 Å². The van der Waals surface area contributed by atoms with Crippen LogP contribution in [-0.2, 0) is 10.0 Å². The number of methoxy groups -OCH3 is 1. The lowest BCUT2D eigenvalue weighted by molar-refractivity contribution is 0.386. The number of anilines is 2. The van der Waals surface area contributed by atoms with Crippen LogP contribution in [0.15, 0.2) is 41.3 Å². The first kappa shape index (κ1) is 15.0. The SMILES string of the molecule is COc1ccc(NS(=O)(=O)c2ccc(F)cc2N)cc1F. The highest BCUT2D eigenvalue weighted by Crippen LogP contribution is 2.25. The van der Waals surface area contributed by atoms with Crippen molar-refractivity contribution in [1.29, 1.82) is 0 Å². The van der Waals surface area contributed by atoms with Crippen molar-refractivity contribution < 1.29 is 21.9 Å². The number of nitrogens with two attached hydrogens (primary N) is 1. The second kappa shape index (κ2) is 5.57. The van der Waals surface area contributed by atoms with Gasteiger partial charge in [0.2, 0.25) is 0 Å². The van der Waals surface area contributed by atoms with Crippen molar-refractivity contribution in [2.24, 2.45) is 0 Å². The summed E-state index contributed by atoms with van der Waals surface area (Å²) in [7, 11) is -2.75. The van der Waals surface area contributed by atoms with Crippen molar-refractivity contribution in [2.75, 3.05) is 17.6 Å². The van der Waals surface area contributed by atoms with Crippen LogP contribution in [0.2, 0.25) is 0 Å². The van der Waals surface area contributed by atoms with Gasteiger partial charge in [0.15, 0.2) is 11.6 Å². The molecule has 3 N–H and O–H groups in total. The molecule has 2 rings (SSSR count). The molecule has 0 bridgehead atoms. The Morgan fingerprint density at radius 1 is 1.14 bits per heavy atom. The molecule has 0 aliphatic rings. The summed E-state index contributed by atoms with van der Waals surface area (Å²) in [5, 5.41) is 0. The minimum Gasteiger partial charge on any atom is -0.494 e. The van der Waals surface area contributed by atoms with E-state index in [-0.39, 0.29) is 22.0 Å². The molecule has 0 saturated carbocycles. The number of sulfonamides is 1. The van der Waals surface area contributed by atoms with Crippen molar-refractivity contribution in [1.82, 2.24) is 0 Å². The molecule has 0 aromatic heterocycles. The van der Waals surface area contributed by atoms with Gasteiger partial charge in [0.1, 0.15) is 10.7 Å². The van der Waals surface area contributed by atoms with Crippen LogP contribution in [0.1, 0.15) is 0 Å². The predicted molar refractivity (Wildman–Crippen MR) is 74.6 cm³/mol. The maximum Gasteiger partial charge on any atom is 0.263 e. The summed E-state index contributed by atoms with van der Waals surface area (Å²) >= 11 is 0. The summed E-state index contributed by atoms with van der Waals surface area (Å²) in [6.45, 7) is 0. The monoisotopic (exact) mass is 314 g/mol. The minimum atomic E-state index is -4.05. The quantitative estimate of drug-likeness (QED) is 0.849. The van der Waals surface area contributed by atoms with Gasteiger partial charge < -0.3 is 10.5 Å². The summed E-state index contributed by atoms with van der Waals surface area (Å²) in [5.41, 5.74) is 5.24. The maximum absolute atomic E-state index is 13.5. The summed E-state index contributed by atoms with van der Waals surface area (Å²) in [6.07, 6.45) is 0. The Hall–Kier alpha value is -2.35. The van der Waals surface area contributed by atoms with Gasteiger partial charge in [0.25, 0.3) is 10.0 Å². The lowest BCUT2D eigenvalue weighted by Crippen LogP contribution is -2.15. The van der Waals surface area contributed by atoms with Crippen molar-refractivity contribution in [2.45, 2.75) is 4.90 Å². The second-order valence-corrected chi connectivity index (χ2v) is 5.79. The standard InChI is InChI=1S/C13H12F2N2O3S/c1-20-12-4-3-9(7-10(12)15)17-21(18,19)13-5-2-8(14)6-11(13)16/h2-7,17H,16H2,1H3. The van der Waals surface area contributed by atoms with E-state index in [2.05, 4.69) is 4.72 Å². The molecule has 5 nitrogen and oxygen atoms in total. The van der Waals surface area contributed by atoms with Crippen molar-refractivity contribution in [3.05, 3.63) is 48.0 Å². The lowest BCUT2D eigenvalue weighted by Gasteiger charge is -2.11. The van der Waals surface area contributed by atoms with Gasteiger partial charge in [-0.15, -0.1) is 0 Å². The van der Waals surface area contributed by atoms with Gasteiger partial charge in [-0.1, -0.05) is 0 Å². The zero-order chi connectivity index (χ0) is 15.6. The first-order chi connectivity index (χ1) is 9.83. The number of hydrogen-bond donors (Lipinski definition) is 2. The molecule has 21 heavy (non-hydrogen) atoms. The number of hydrogen-bond acceptors (Lipinski definition) is 4. The number of ether oxygens (including phenoxy) is 1. The Balaban J connectivity index is 2.35.